The molecule has 1 atom stereocenters. The number of methoxy groups -OCH3 is 1. The number of benzene rings is 1. The zero-order valence-electron chi connectivity index (χ0n) is 17.7. The maximum atomic E-state index is 12.9. The van der Waals surface area contributed by atoms with E-state index in [9.17, 15) is 13.2 Å². The van der Waals surface area contributed by atoms with E-state index in [0.717, 1.165) is 55.3 Å². The van der Waals surface area contributed by atoms with Crippen molar-refractivity contribution in [2.45, 2.75) is 62.5 Å². The molecule has 1 aromatic carbocycles. The molecule has 31 heavy (non-hydrogen) atoms. The number of ether oxygens (including phenoxy) is 2. The first-order chi connectivity index (χ1) is 14.8. The molecule has 5 rings (SSSR count). The summed E-state index contributed by atoms with van der Waals surface area (Å²) in [5.74, 6) is 0.108. The van der Waals surface area contributed by atoms with Gasteiger partial charge in [0.1, 0.15) is 12.2 Å². The van der Waals surface area contributed by atoms with Crippen LogP contribution < -0.4 is 14.8 Å². The van der Waals surface area contributed by atoms with Crippen LogP contribution in [0.15, 0.2) is 17.2 Å². The summed E-state index contributed by atoms with van der Waals surface area (Å²) < 4.78 is 40.5. The number of amides is 2. The normalized spacial score (nSPS) is 21.7. The number of fused-ring (bicyclic) bond motifs is 3. The molecule has 0 fully saturated rings. The molecule has 0 bridgehead atoms. The lowest BCUT2D eigenvalue weighted by Gasteiger charge is -2.32. The summed E-state index contributed by atoms with van der Waals surface area (Å²) in [6.07, 6.45) is 7.08. The molecule has 1 unspecified atom stereocenters. The van der Waals surface area contributed by atoms with Crippen molar-refractivity contribution < 1.29 is 22.7 Å². The van der Waals surface area contributed by atoms with Crippen LogP contribution in [0.5, 0.6) is 5.88 Å². The van der Waals surface area contributed by atoms with Crippen LogP contribution >= 0.6 is 0 Å². The van der Waals surface area contributed by atoms with Gasteiger partial charge in [0, 0.05) is 12.8 Å². The Bertz CT molecular complexity index is 1140. The third-order valence-electron chi connectivity index (χ3n) is 6.48. The standard InChI is InChI=1S/C21H26N4O5S/c1-21(29-2)11-25-19(30-12-21)17(10-22-25)31(27,28)24-20(26)23-18-15-7-3-5-13(15)9-14-6-4-8-16(14)18/h9-10H,3-8,11-12H2,1-2H3,(H2,23,24,26). The molecule has 2 aliphatic carbocycles. The van der Waals surface area contributed by atoms with Crippen molar-refractivity contribution in [1.29, 1.82) is 0 Å². The first-order valence-corrected chi connectivity index (χ1v) is 12.0. The van der Waals surface area contributed by atoms with E-state index in [1.165, 1.54) is 22.0 Å². The highest BCUT2D eigenvalue weighted by molar-refractivity contribution is 7.90. The molecule has 0 saturated heterocycles. The lowest BCUT2D eigenvalue weighted by molar-refractivity contribution is -0.0654. The molecular formula is C21H26N4O5S. The molecule has 0 spiro atoms. The number of rotatable bonds is 4. The Morgan fingerprint density at radius 2 is 1.87 bits per heavy atom. The van der Waals surface area contributed by atoms with Gasteiger partial charge in [0.15, 0.2) is 4.90 Å². The second kappa shape index (κ2) is 7.23. The third-order valence-corrected chi connectivity index (χ3v) is 7.79. The quantitative estimate of drug-likeness (QED) is 0.745. The van der Waals surface area contributed by atoms with E-state index in [2.05, 4.69) is 21.2 Å². The van der Waals surface area contributed by atoms with Crippen molar-refractivity contribution in [2.75, 3.05) is 19.0 Å². The molecule has 0 saturated carbocycles. The van der Waals surface area contributed by atoms with Crippen LogP contribution in [0.3, 0.4) is 0 Å². The van der Waals surface area contributed by atoms with Crippen LogP contribution in [0.1, 0.15) is 42.0 Å². The monoisotopic (exact) mass is 446 g/mol. The van der Waals surface area contributed by atoms with E-state index in [1.807, 2.05) is 6.92 Å². The van der Waals surface area contributed by atoms with Crippen LogP contribution in [0.25, 0.3) is 0 Å². The number of aromatic nitrogens is 2. The van der Waals surface area contributed by atoms with Crippen LogP contribution in [0, 0.1) is 0 Å². The Labute approximate surface area is 181 Å². The zero-order valence-corrected chi connectivity index (χ0v) is 18.5. The van der Waals surface area contributed by atoms with Crippen LogP contribution in [-0.2, 0) is 47.0 Å². The highest BCUT2D eigenvalue weighted by Gasteiger charge is 2.37. The first-order valence-electron chi connectivity index (χ1n) is 10.5. The lowest BCUT2D eigenvalue weighted by Crippen LogP contribution is -2.44. The fourth-order valence-corrected chi connectivity index (χ4v) is 5.77. The Balaban J connectivity index is 1.38. The van der Waals surface area contributed by atoms with E-state index in [4.69, 9.17) is 9.47 Å². The fraction of sp³-hybridized carbons (Fsp3) is 0.524. The minimum atomic E-state index is -4.16. The number of carbonyl (C=O) groups is 1. The second-order valence-corrected chi connectivity index (χ2v) is 10.4. The minimum Gasteiger partial charge on any atom is -0.474 e. The molecule has 0 radical (unpaired) electrons. The van der Waals surface area contributed by atoms with Crippen LogP contribution in [-0.4, -0.2) is 43.5 Å². The summed E-state index contributed by atoms with van der Waals surface area (Å²) in [6, 6.07) is 1.49. The highest BCUT2D eigenvalue weighted by atomic mass is 32.2. The Hall–Kier alpha value is -2.59. The summed E-state index contributed by atoms with van der Waals surface area (Å²) in [5.41, 5.74) is 4.99. The number of nitrogens with zero attached hydrogens (tertiary/aromatic N) is 2. The minimum absolute atomic E-state index is 0.108. The molecule has 9 nitrogen and oxygen atoms in total. The largest absolute Gasteiger partial charge is 0.474 e. The molecule has 10 heteroatoms. The molecular weight excluding hydrogens is 420 g/mol. The van der Waals surface area contributed by atoms with E-state index in [0.29, 0.717) is 6.54 Å². The molecule has 3 aliphatic rings. The van der Waals surface area contributed by atoms with Gasteiger partial charge in [-0.2, -0.15) is 5.10 Å². The van der Waals surface area contributed by atoms with Gasteiger partial charge < -0.3 is 14.8 Å². The maximum Gasteiger partial charge on any atom is 0.333 e. The summed E-state index contributed by atoms with van der Waals surface area (Å²) in [5, 5.41) is 6.96. The topological polar surface area (TPSA) is 112 Å². The average Bonchev–Trinajstić information content (AvgIpc) is 3.46. The van der Waals surface area contributed by atoms with E-state index >= 15 is 0 Å². The Morgan fingerprint density at radius 1 is 1.19 bits per heavy atom. The van der Waals surface area contributed by atoms with Gasteiger partial charge in [0.2, 0.25) is 5.88 Å². The van der Waals surface area contributed by atoms with E-state index in [-0.39, 0.29) is 17.4 Å². The number of hydrogen-bond acceptors (Lipinski definition) is 6. The summed E-state index contributed by atoms with van der Waals surface area (Å²) in [4.78, 5) is 12.6. The van der Waals surface area contributed by atoms with Gasteiger partial charge in [-0.3, -0.25) is 0 Å². The van der Waals surface area contributed by atoms with Gasteiger partial charge in [-0.05, 0) is 67.7 Å². The van der Waals surface area contributed by atoms with Crippen molar-refractivity contribution in [3.8, 4) is 5.88 Å². The van der Waals surface area contributed by atoms with Crippen molar-refractivity contribution in [1.82, 2.24) is 14.5 Å². The van der Waals surface area contributed by atoms with Gasteiger partial charge in [0.05, 0.1) is 12.7 Å². The first kappa shape index (κ1) is 20.3. The number of nitrogens with one attached hydrogen (secondary N) is 2. The van der Waals surface area contributed by atoms with Crippen molar-refractivity contribution in [2.24, 2.45) is 0 Å². The lowest BCUT2D eigenvalue weighted by atomic mass is 9.99. The average molecular weight is 447 g/mol. The van der Waals surface area contributed by atoms with Gasteiger partial charge in [0.25, 0.3) is 10.0 Å². The molecule has 1 aliphatic heterocycles. The molecule has 166 valence electrons. The summed E-state index contributed by atoms with van der Waals surface area (Å²) in [7, 11) is -2.59. The number of urea groups is 1. The predicted molar refractivity (Wildman–Crippen MR) is 113 cm³/mol. The maximum absolute atomic E-state index is 12.9. The predicted octanol–water partition coefficient (Wildman–Crippen LogP) is 2.17. The van der Waals surface area contributed by atoms with Crippen LogP contribution in [0.2, 0.25) is 0 Å². The van der Waals surface area contributed by atoms with Crippen molar-refractivity contribution in [3.05, 3.63) is 34.5 Å². The summed E-state index contributed by atoms with van der Waals surface area (Å²) >= 11 is 0. The molecule has 2 amide bonds. The fourth-order valence-electron chi connectivity index (χ4n) is 4.79. The van der Waals surface area contributed by atoms with Gasteiger partial charge in [-0.15, -0.1) is 0 Å². The van der Waals surface area contributed by atoms with Gasteiger partial charge in [-0.1, -0.05) is 6.07 Å². The number of hydrogen-bond donors (Lipinski definition) is 2. The Morgan fingerprint density at radius 3 is 2.52 bits per heavy atom. The van der Waals surface area contributed by atoms with Gasteiger partial charge in [-0.25, -0.2) is 22.6 Å². The molecule has 1 aromatic heterocycles. The number of carbonyl (C=O) groups excluding carboxylic acids is 1. The summed E-state index contributed by atoms with van der Waals surface area (Å²) in [6.45, 7) is 2.39. The zero-order chi connectivity index (χ0) is 21.8. The van der Waals surface area contributed by atoms with Crippen molar-refractivity contribution in [3.63, 3.8) is 0 Å². The highest BCUT2D eigenvalue weighted by Crippen LogP contribution is 2.38. The SMILES string of the molecule is COC1(C)COc2c(S(=O)(=O)NC(=O)Nc3c4c(cc5c3CCC5)CCC4)cnn2C1. The van der Waals surface area contributed by atoms with Gasteiger partial charge >= 0.3 is 6.03 Å². The number of anilines is 1. The second-order valence-electron chi connectivity index (χ2n) is 8.71. The van der Waals surface area contributed by atoms with E-state index in [1.54, 1.807) is 7.11 Å². The Kier molecular flexibility index (Phi) is 4.74. The van der Waals surface area contributed by atoms with E-state index < -0.39 is 21.7 Å². The van der Waals surface area contributed by atoms with Crippen LogP contribution in [0.4, 0.5) is 10.5 Å². The molecule has 2 aromatic rings. The molecule has 2 N–H and O–H groups in total. The third kappa shape index (κ3) is 3.47. The number of sulfonamides is 1. The molecule has 2 heterocycles. The van der Waals surface area contributed by atoms with Crippen molar-refractivity contribution >= 4 is 21.7 Å². The number of aryl methyl sites for hydroxylation is 2. The smallest absolute Gasteiger partial charge is 0.333 e.